The normalized spacial score (nSPS) is 27.4. The third kappa shape index (κ3) is 5.98. The third-order valence-electron chi connectivity index (χ3n) is 4.06. The van der Waals surface area contributed by atoms with Crippen molar-refractivity contribution in [3.05, 3.63) is 12.2 Å². The van der Waals surface area contributed by atoms with Gasteiger partial charge in [-0.3, -0.25) is 9.59 Å². The van der Waals surface area contributed by atoms with E-state index in [0.29, 0.717) is 6.42 Å². The van der Waals surface area contributed by atoms with Crippen LogP contribution in [0.1, 0.15) is 51.9 Å². The highest BCUT2D eigenvalue weighted by atomic mass is 16.4. The molecule has 1 fully saturated rings. The molecule has 0 aliphatic heterocycles. The summed E-state index contributed by atoms with van der Waals surface area (Å²) < 4.78 is 0. The molecule has 1 rings (SSSR count). The molecule has 0 aromatic heterocycles. The molecule has 0 aromatic carbocycles. The zero-order valence-electron chi connectivity index (χ0n) is 12.6. The number of rotatable bonds is 9. The number of ketones is 1. The maximum absolute atomic E-state index is 11.8. The Labute approximate surface area is 125 Å². The van der Waals surface area contributed by atoms with Crippen LogP contribution in [0.2, 0.25) is 0 Å². The average Bonchev–Trinajstić information content (AvgIpc) is 2.68. The fourth-order valence-electron chi connectivity index (χ4n) is 2.83. The van der Waals surface area contributed by atoms with Crippen molar-refractivity contribution in [2.24, 2.45) is 11.8 Å². The van der Waals surface area contributed by atoms with E-state index >= 15 is 0 Å². The Morgan fingerprint density at radius 1 is 1.43 bits per heavy atom. The molecule has 0 aromatic rings. The fraction of sp³-hybridized carbons (Fsp3) is 0.750. The van der Waals surface area contributed by atoms with Gasteiger partial charge in [-0.05, 0) is 12.8 Å². The van der Waals surface area contributed by atoms with Crippen LogP contribution in [-0.2, 0) is 9.59 Å². The molecule has 1 aliphatic rings. The summed E-state index contributed by atoms with van der Waals surface area (Å²) in [5, 5.41) is 28.5. The first-order valence-corrected chi connectivity index (χ1v) is 7.74. The number of aliphatic carboxylic acids is 1. The van der Waals surface area contributed by atoms with Crippen molar-refractivity contribution in [3.8, 4) is 0 Å². The molecule has 21 heavy (non-hydrogen) atoms. The van der Waals surface area contributed by atoms with E-state index in [0.717, 1.165) is 19.3 Å². The Morgan fingerprint density at radius 2 is 2.14 bits per heavy atom. The monoisotopic (exact) mass is 298 g/mol. The Kier molecular flexibility index (Phi) is 7.61. The van der Waals surface area contributed by atoms with Crippen molar-refractivity contribution in [2.75, 3.05) is 0 Å². The van der Waals surface area contributed by atoms with Gasteiger partial charge in [0.25, 0.3) is 0 Å². The standard InChI is InChI=1S/C16H26O5/c1-2-3-4-5-11(17)6-7-12-13(8-9-16(20)21)15(19)10-14(12)18/h6-7,11-14,17-18H,2-5,8-10H2,1H3,(H,20,21)/t11-,12+,13+,14+/m0/s1. The van der Waals surface area contributed by atoms with Crippen LogP contribution in [0.15, 0.2) is 12.2 Å². The summed E-state index contributed by atoms with van der Waals surface area (Å²) in [7, 11) is 0. The largest absolute Gasteiger partial charge is 0.481 e. The van der Waals surface area contributed by atoms with Gasteiger partial charge in [-0.1, -0.05) is 38.3 Å². The topological polar surface area (TPSA) is 94.8 Å². The second-order valence-electron chi connectivity index (χ2n) is 5.80. The fourth-order valence-corrected chi connectivity index (χ4v) is 2.83. The van der Waals surface area contributed by atoms with Crippen molar-refractivity contribution in [3.63, 3.8) is 0 Å². The summed E-state index contributed by atoms with van der Waals surface area (Å²) in [6.07, 6.45) is 5.99. The Bertz CT molecular complexity index is 377. The summed E-state index contributed by atoms with van der Waals surface area (Å²) in [4.78, 5) is 22.4. The zero-order valence-corrected chi connectivity index (χ0v) is 12.6. The van der Waals surface area contributed by atoms with Crippen LogP contribution in [0.5, 0.6) is 0 Å². The number of aliphatic hydroxyl groups excluding tert-OH is 2. The van der Waals surface area contributed by atoms with E-state index in [4.69, 9.17) is 5.11 Å². The molecule has 1 saturated carbocycles. The molecule has 0 bridgehead atoms. The number of carboxylic acid groups (broad SMARTS) is 1. The van der Waals surface area contributed by atoms with Crippen molar-refractivity contribution in [1.29, 1.82) is 0 Å². The molecule has 5 heteroatoms. The molecule has 120 valence electrons. The first-order chi connectivity index (χ1) is 9.95. The second-order valence-corrected chi connectivity index (χ2v) is 5.80. The van der Waals surface area contributed by atoms with Crippen molar-refractivity contribution < 1.29 is 24.9 Å². The van der Waals surface area contributed by atoms with Gasteiger partial charge in [0.15, 0.2) is 0 Å². The van der Waals surface area contributed by atoms with Crippen molar-refractivity contribution in [1.82, 2.24) is 0 Å². The molecule has 0 saturated heterocycles. The first-order valence-electron chi connectivity index (χ1n) is 7.74. The smallest absolute Gasteiger partial charge is 0.303 e. The van der Waals surface area contributed by atoms with Crippen LogP contribution in [-0.4, -0.2) is 39.3 Å². The van der Waals surface area contributed by atoms with E-state index in [1.54, 1.807) is 12.2 Å². The van der Waals surface area contributed by atoms with Crippen LogP contribution in [0.25, 0.3) is 0 Å². The van der Waals surface area contributed by atoms with Gasteiger partial charge < -0.3 is 15.3 Å². The molecule has 0 amide bonds. The molecule has 5 nitrogen and oxygen atoms in total. The predicted octanol–water partition coefficient (Wildman–Crippen LogP) is 1.91. The second kappa shape index (κ2) is 8.95. The number of carbonyl (C=O) groups is 2. The summed E-state index contributed by atoms with van der Waals surface area (Å²) in [6.45, 7) is 2.09. The predicted molar refractivity (Wildman–Crippen MR) is 78.8 cm³/mol. The van der Waals surface area contributed by atoms with Crippen LogP contribution < -0.4 is 0 Å². The number of aliphatic hydroxyl groups is 2. The molecule has 4 atom stereocenters. The third-order valence-corrected chi connectivity index (χ3v) is 4.06. The lowest BCUT2D eigenvalue weighted by atomic mass is 9.89. The summed E-state index contributed by atoms with van der Waals surface area (Å²) in [6, 6.07) is 0. The quantitative estimate of drug-likeness (QED) is 0.446. The number of unbranched alkanes of at least 4 members (excludes halogenated alkanes) is 2. The van der Waals surface area contributed by atoms with E-state index in [2.05, 4.69) is 6.92 Å². The minimum atomic E-state index is -0.938. The van der Waals surface area contributed by atoms with Crippen LogP contribution in [0, 0.1) is 11.8 Å². The van der Waals surface area contributed by atoms with Gasteiger partial charge in [-0.25, -0.2) is 0 Å². The summed E-state index contributed by atoms with van der Waals surface area (Å²) >= 11 is 0. The molecule has 1 aliphatic carbocycles. The number of hydrogen-bond acceptors (Lipinski definition) is 4. The van der Waals surface area contributed by atoms with Crippen LogP contribution in [0.4, 0.5) is 0 Å². The highest BCUT2D eigenvalue weighted by Gasteiger charge is 2.39. The molecule has 0 heterocycles. The minimum Gasteiger partial charge on any atom is -0.481 e. The number of Topliss-reactive ketones (excluding diaryl/α,β-unsaturated/α-hetero) is 1. The SMILES string of the molecule is CCCCC[C@H](O)C=C[C@H]1[C@H](O)CC(=O)[C@@H]1CCC(=O)O. The summed E-state index contributed by atoms with van der Waals surface area (Å²) in [5.41, 5.74) is 0. The lowest BCUT2D eigenvalue weighted by molar-refractivity contribution is -0.137. The first kappa shape index (κ1) is 17.9. The number of carboxylic acids is 1. The van der Waals surface area contributed by atoms with E-state index < -0.39 is 24.1 Å². The van der Waals surface area contributed by atoms with Gasteiger partial charge in [0, 0.05) is 24.7 Å². The van der Waals surface area contributed by atoms with Gasteiger partial charge in [0.1, 0.15) is 5.78 Å². The van der Waals surface area contributed by atoms with Gasteiger partial charge in [-0.15, -0.1) is 0 Å². The molecule has 0 radical (unpaired) electrons. The highest BCUT2D eigenvalue weighted by molar-refractivity contribution is 5.85. The molecule has 3 N–H and O–H groups in total. The molecular weight excluding hydrogens is 272 g/mol. The van der Waals surface area contributed by atoms with Gasteiger partial charge in [-0.2, -0.15) is 0 Å². The maximum atomic E-state index is 11.8. The minimum absolute atomic E-state index is 0.0746. The zero-order chi connectivity index (χ0) is 15.8. The molecule has 0 unspecified atom stereocenters. The molecular formula is C16H26O5. The Balaban J connectivity index is 2.55. The van der Waals surface area contributed by atoms with Gasteiger partial charge in [0.05, 0.1) is 12.2 Å². The van der Waals surface area contributed by atoms with Crippen molar-refractivity contribution >= 4 is 11.8 Å². The van der Waals surface area contributed by atoms with Gasteiger partial charge >= 0.3 is 5.97 Å². The molecule has 0 spiro atoms. The maximum Gasteiger partial charge on any atom is 0.303 e. The highest BCUT2D eigenvalue weighted by Crippen LogP contribution is 2.33. The lowest BCUT2D eigenvalue weighted by Crippen LogP contribution is -2.20. The van der Waals surface area contributed by atoms with E-state index in [9.17, 15) is 19.8 Å². The lowest BCUT2D eigenvalue weighted by Gasteiger charge is -2.17. The van der Waals surface area contributed by atoms with Gasteiger partial charge in [0.2, 0.25) is 0 Å². The van der Waals surface area contributed by atoms with Crippen LogP contribution in [0.3, 0.4) is 0 Å². The van der Waals surface area contributed by atoms with Crippen LogP contribution >= 0.6 is 0 Å². The number of carbonyl (C=O) groups excluding carboxylic acids is 1. The van der Waals surface area contributed by atoms with E-state index in [1.165, 1.54) is 0 Å². The van der Waals surface area contributed by atoms with Crippen molar-refractivity contribution in [2.45, 2.75) is 64.1 Å². The average molecular weight is 298 g/mol. The number of hydrogen-bond donors (Lipinski definition) is 3. The Hall–Kier alpha value is -1.20. The summed E-state index contributed by atoms with van der Waals surface area (Å²) in [5.74, 6) is -1.85. The Morgan fingerprint density at radius 3 is 2.76 bits per heavy atom. The van der Waals surface area contributed by atoms with E-state index in [1.807, 2.05) is 0 Å². The van der Waals surface area contributed by atoms with E-state index in [-0.39, 0.29) is 31.0 Å².